The van der Waals surface area contributed by atoms with Crippen molar-refractivity contribution in [3.05, 3.63) is 34.9 Å². The maximum Gasteiger partial charge on any atom is 0.252 e. The third kappa shape index (κ3) is 5.00. The lowest BCUT2D eigenvalue weighted by Gasteiger charge is -2.37. The number of nitrogens with one attached hydrogen (secondary N) is 1. The van der Waals surface area contributed by atoms with Crippen molar-refractivity contribution in [2.75, 3.05) is 0 Å². The largest absolute Gasteiger partial charge is 0.340 e. The SMILES string of the molecule is CCC(=O)C1(NC(=O)c2cc(C(C)(C)C)cc(C(C)(C)C)c2)CCCCC1. The van der Waals surface area contributed by atoms with E-state index in [1.54, 1.807) is 0 Å². The molecule has 0 unspecified atom stereocenters. The van der Waals surface area contributed by atoms with Crippen LogP contribution in [0.2, 0.25) is 0 Å². The Kier molecular flexibility index (Phi) is 6.23. The Morgan fingerprint density at radius 2 is 1.37 bits per heavy atom. The normalized spacial score (nSPS) is 17.4. The van der Waals surface area contributed by atoms with Crippen LogP contribution in [0.4, 0.5) is 0 Å². The average Bonchev–Trinajstić information content (AvgIpc) is 2.59. The molecule has 1 aromatic rings. The molecule has 1 aliphatic carbocycles. The van der Waals surface area contributed by atoms with E-state index in [0.717, 1.165) is 43.2 Å². The molecule has 0 spiro atoms. The van der Waals surface area contributed by atoms with Gasteiger partial charge in [0.05, 0.1) is 5.54 Å². The molecule has 150 valence electrons. The van der Waals surface area contributed by atoms with E-state index in [1.807, 2.05) is 19.1 Å². The van der Waals surface area contributed by atoms with Crippen molar-refractivity contribution >= 4 is 11.7 Å². The minimum Gasteiger partial charge on any atom is -0.340 e. The van der Waals surface area contributed by atoms with Crippen molar-refractivity contribution in [3.63, 3.8) is 0 Å². The number of hydrogen-bond donors (Lipinski definition) is 1. The van der Waals surface area contributed by atoms with Crippen molar-refractivity contribution in [2.24, 2.45) is 0 Å². The molecule has 0 heterocycles. The fraction of sp³-hybridized carbons (Fsp3) is 0.667. The van der Waals surface area contributed by atoms with Gasteiger partial charge in [-0.15, -0.1) is 0 Å². The standard InChI is InChI=1S/C24H37NO2/c1-8-20(26)24(12-10-9-11-13-24)25-21(27)17-14-18(22(2,3)4)16-19(15-17)23(5,6)7/h14-16H,8-13H2,1-7H3,(H,25,27). The molecule has 2 rings (SSSR count). The number of rotatable bonds is 4. The lowest BCUT2D eigenvalue weighted by molar-refractivity contribution is -0.126. The Balaban J connectivity index is 2.43. The number of amides is 1. The third-order valence-electron chi connectivity index (χ3n) is 5.84. The summed E-state index contributed by atoms with van der Waals surface area (Å²) in [7, 11) is 0. The van der Waals surface area contributed by atoms with Crippen molar-refractivity contribution in [2.45, 2.75) is 103 Å². The Labute approximate surface area is 165 Å². The number of carbonyl (C=O) groups excluding carboxylic acids is 2. The first-order valence-corrected chi connectivity index (χ1v) is 10.4. The first-order chi connectivity index (χ1) is 12.4. The summed E-state index contributed by atoms with van der Waals surface area (Å²) in [6.45, 7) is 14.9. The number of ketones is 1. The van der Waals surface area contributed by atoms with Crippen LogP contribution in [0.15, 0.2) is 18.2 Å². The summed E-state index contributed by atoms with van der Waals surface area (Å²) in [5, 5.41) is 3.17. The molecule has 0 atom stereocenters. The van der Waals surface area contributed by atoms with E-state index < -0.39 is 5.54 Å². The number of benzene rings is 1. The van der Waals surface area contributed by atoms with E-state index in [0.29, 0.717) is 12.0 Å². The van der Waals surface area contributed by atoms with Gasteiger partial charge in [-0.2, -0.15) is 0 Å². The van der Waals surface area contributed by atoms with E-state index in [9.17, 15) is 9.59 Å². The molecule has 3 heteroatoms. The summed E-state index contributed by atoms with van der Waals surface area (Å²) < 4.78 is 0. The summed E-state index contributed by atoms with van der Waals surface area (Å²) in [6, 6.07) is 6.21. The van der Waals surface area contributed by atoms with Gasteiger partial charge in [0, 0.05) is 12.0 Å². The lowest BCUT2D eigenvalue weighted by atomic mass is 9.77. The highest BCUT2D eigenvalue weighted by molar-refractivity contribution is 6.00. The molecule has 1 fully saturated rings. The van der Waals surface area contributed by atoms with Crippen LogP contribution in [0.3, 0.4) is 0 Å². The van der Waals surface area contributed by atoms with Crippen LogP contribution in [-0.4, -0.2) is 17.2 Å². The summed E-state index contributed by atoms with van der Waals surface area (Å²) in [5.41, 5.74) is 2.21. The molecule has 1 saturated carbocycles. The molecule has 0 radical (unpaired) electrons. The third-order valence-corrected chi connectivity index (χ3v) is 5.84. The van der Waals surface area contributed by atoms with Gasteiger partial charge in [0.15, 0.2) is 5.78 Å². The molecule has 0 aliphatic heterocycles. The lowest BCUT2D eigenvalue weighted by Crippen LogP contribution is -2.55. The second-order valence-corrected chi connectivity index (χ2v) is 10.2. The van der Waals surface area contributed by atoms with Gasteiger partial charge in [-0.25, -0.2) is 0 Å². The zero-order valence-corrected chi connectivity index (χ0v) is 18.3. The highest BCUT2D eigenvalue weighted by Crippen LogP contribution is 2.33. The van der Waals surface area contributed by atoms with E-state index in [4.69, 9.17) is 0 Å². The van der Waals surface area contributed by atoms with Crippen molar-refractivity contribution in [1.82, 2.24) is 5.32 Å². The Hall–Kier alpha value is -1.64. The van der Waals surface area contributed by atoms with E-state index in [2.05, 4.69) is 52.9 Å². The summed E-state index contributed by atoms with van der Waals surface area (Å²) in [4.78, 5) is 25.9. The number of Topliss-reactive ketones (excluding diaryl/α,β-unsaturated/α-hetero) is 1. The highest BCUT2D eigenvalue weighted by atomic mass is 16.2. The monoisotopic (exact) mass is 371 g/mol. The van der Waals surface area contributed by atoms with Crippen LogP contribution >= 0.6 is 0 Å². The summed E-state index contributed by atoms with van der Waals surface area (Å²) in [6.07, 6.45) is 5.13. The molecule has 27 heavy (non-hydrogen) atoms. The van der Waals surface area contributed by atoms with Gasteiger partial charge in [0.25, 0.3) is 5.91 Å². The fourth-order valence-corrected chi connectivity index (χ4v) is 3.88. The molecular weight excluding hydrogens is 334 g/mol. The zero-order valence-electron chi connectivity index (χ0n) is 18.3. The van der Waals surface area contributed by atoms with Crippen LogP contribution < -0.4 is 5.32 Å². The number of hydrogen-bond acceptors (Lipinski definition) is 2. The summed E-state index contributed by atoms with van der Waals surface area (Å²) >= 11 is 0. The van der Waals surface area contributed by atoms with Crippen molar-refractivity contribution in [1.29, 1.82) is 0 Å². The maximum atomic E-state index is 13.2. The van der Waals surface area contributed by atoms with Crippen LogP contribution in [0.25, 0.3) is 0 Å². The van der Waals surface area contributed by atoms with Gasteiger partial charge in [0.1, 0.15) is 0 Å². The van der Waals surface area contributed by atoms with E-state index in [-0.39, 0.29) is 22.5 Å². The predicted molar refractivity (Wildman–Crippen MR) is 112 cm³/mol. The van der Waals surface area contributed by atoms with Crippen molar-refractivity contribution < 1.29 is 9.59 Å². The molecule has 3 nitrogen and oxygen atoms in total. The molecule has 1 aromatic carbocycles. The average molecular weight is 372 g/mol. The molecule has 0 aromatic heterocycles. The topological polar surface area (TPSA) is 46.2 Å². The first kappa shape index (κ1) is 21.7. The Morgan fingerprint density at radius 3 is 1.78 bits per heavy atom. The molecule has 1 N–H and O–H groups in total. The second-order valence-electron chi connectivity index (χ2n) is 10.2. The minimum absolute atomic E-state index is 0.0436. The van der Waals surface area contributed by atoms with Gasteiger partial charge >= 0.3 is 0 Å². The van der Waals surface area contributed by atoms with Gasteiger partial charge in [-0.05, 0) is 46.9 Å². The predicted octanol–water partition coefficient (Wildman–Crippen LogP) is 5.69. The fourth-order valence-electron chi connectivity index (χ4n) is 3.88. The highest BCUT2D eigenvalue weighted by Gasteiger charge is 2.39. The maximum absolute atomic E-state index is 13.2. The molecule has 0 saturated heterocycles. The molecule has 1 amide bonds. The van der Waals surface area contributed by atoms with Gasteiger partial charge in [-0.1, -0.05) is 73.8 Å². The van der Waals surface area contributed by atoms with E-state index in [1.165, 1.54) is 0 Å². The quantitative estimate of drug-likeness (QED) is 0.738. The molecule has 0 bridgehead atoms. The van der Waals surface area contributed by atoms with E-state index >= 15 is 0 Å². The molecular formula is C24H37NO2. The van der Waals surface area contributed by atoms with Crippen LogP contribution in [0.1, 0.15) is 108 Å². The van der Waals surface area contributed by atoms with Gasteiger partial charge < -0.3 is 5.32 Å². The smallest absolute Gasteiger partial charge is 0.252 e. The Morgan fingerprint density at radius 1 is 0.889 bits per heavy atom. The molecule has 1 aliphatic rings. The minimum atomic E-state index is -0.677. The second kappa shape index (κ2) is 7.77. The summed E-state index contributed by atoms with van der Waals surface area (Å²) in [5.74, 6) is 0.0499. The van der Waals surface area contributed by atoms with Gasteiger partial charge in [-0.3, -0.25) is 9.59 Å². The van der Waals surface area contributed by atoms with Gasteiger partial charge in [0.2, 0.25) is 0 Å². The Bertz CT molecular complexity index is 666. The van der Waals surface area contributed by atoms with Crippen LogP contribution in [0, 0.1) is 0 Å². The van der Waals surface area contributed by atoms with Crippen LogP contribution in [-0.2, 0) is 15.6 Å². The number of carbonyl (C=O) groups is 2. The van der Waals surface area contributed by atoms with Crippen LogP contribution in [0.5, 0.6) is 0 Å². The zero-order chi connectivity index (χ0) is 20.5. The first-order valence-electron chi connectivity index (χ1n) is 10.4. The van der Waals surface area contributed by atoms with Crippen molar-refractivity contribution in [3.8, 4) is 0 Å².